The first-order valence-corrected chi connectivity index (χ1v) is 6.24. The van der Waals surface area contributed by atoms with Crippen molar-refractivity contribution in [1.82, 2.24) is 15.3 Å². The van der Waals surface area contributed by atoms with Crippen LogP contribution < -0.4 is 16.0 Å². The van der Waals surface area contributed by atoms with Crippen LogP contribution in [0.1, 0.15) is 19.8 Å². The average molecular weight is 249 g/mol. The molecule has 0 bridgehead atoms. The summed E-state index contributed by atoms with van der Waals surface area (Å²) in [5, 5.41) is 2.96. The fraction of sp³-hybridized carbons (Fsp3) is 0.583. The van der Waals surface area contributed by atoms with E-state index in [-0.39, 0.29) is 11.9 Å². The molecule has 0 aromatic carbocycles. The Bertz CT molecular complexity index is 395. The molecule has 1 amide bonds. The molecule has 0 radical (unpaired) electrons. The lowest BCUT2D eigenvalue weighted by atomic mass is 10.1. The highest BCUT2D eigenvalue weighted by atomic mass is 16.2. The summed E-state index contributed by atoms with van der Waals surface area (Å²) in [6.45, 7) is 3.35. The molecule has 1 unspecified atom stereocenters. The van der Waals surface area contributed by atoms with Crippen LogP contribution >= 0.6 is 0 Å². The van der Waals surface area contributed by atoms with Gasteiger partial charge in [-0.05, 0) is 25.8 Å². The molecular weight excluding hydrogens is 230 g/mol. The van der Waals surface area contributed by atoms with Gasteiger partial charge in [-0.15, -0.1) is 0 Å². The molecule has 0 saturated carbocycles. The molecule has 1 fully saturated rings. The van der Waals surface area contributed by atoms with Gasteiger partial charge in [0.25, 0.3) is 0 Å². The van der Waals surface area contributed by atoms with Crippen molar-refractivity contribution in [3.05, 3.63) is 18.5 Å². The minimum absolute atomic E-state index is 0.101. The molecule has 2 rings (SSSR count). The van der Waals surface area contributed by atoms with Crippen molar-refractivity contribution < 1.29 is 4.79 Å². The van der Waals surface area contributed by atoms with Gasteiger partial charge in [-0.2, -0.15) is 0 Å². The third kappa shape index (κ3) is 3.16. The summed E-state index contributed by atoms with van der Waals surface area (Å²) in [4.78, 5) is 22.1. The second-order valence-corrected chi connectivity index (χ2v) is 4.63. The van der Waals surface area contributed by atoms with Gasteiger partial charge in [-0.3, -0.25) is 4.79 Å². The normalized spacial score (nSPS) is 21.4. The minimum atomic E-state index is -0.464. The lowest BCUT2D eigenvalue weighted by molar-refractivity contribution is -0.122. The number of carbonyl (C=O) groups is 1. The van der Waals surface area contributed by atoms with Crippen molar-refractivity contribution in [1.29, 1.82) is 0 Å². The van der Waals surface area contributed by atoms with Crippen LogP contribution in [0.3, 0.4) is 0 Å². The number of nitrogens with two attached hydrogens (primary N) is 1. The number of nitrogens with one attached hydrogen (secondary N) is 1. The lowest BCUT2D eigenvalue weighted by Crippen LogP contribution is -2.51. The summed E-state index contributed by atoms with van der Waals surface area (Å²) in [7, 11) is 0. The molecule has 1 aliphatic heterocycles. The van der Waals surface area contributed by atoms with Crippen LogP contribution in [0.15, 0.2) is 18.5 Å². The van der Waals surface area contributed by atoms with E-state index >= 15 is 0 Å². The summed E-state index contributed by atoms with van der Waals surface area (Å²) in [5.41, 5.74) is 5.55. The zero-order valence-corrected chi connectivity index (χ0v) is 10.5. The van der Waals surface area contributed by atoms with Crippen molar-refractivity contribution in [3.63, 3.8) is 0 Å². The molecular formula is C12H19N5O. The van der Waals surface area contributed by atoms with Gasteiger partial charge in [-0.1, -0.05) is 0 Å². The third-order valence-electron chi connectivity index (χ3n) is 3.02. The number of rotatable bonds is 3. The molecule has 98 valence electrons. The third-order valence-corrected chi connectivity index (χ3v) is 3.02. The zero-order valence-electron chi connectivity index (χ0n) is 10.5. The van der Waals surface area contributed by atoms with Crippen molar-refractivity contribution in [2.24, 2.45) is 5.73 Å². The predicted octanol–water partition coefficient (Wildman–Crippen LogP) is -0.0912. The second kappa shape index (κ2) is 5.77. The van der Waals surface area contributed by atoms with E-state index in [0.29, 0.717) is 0 Å². The van der Waals surface area contributed by atoms with Gasteiger partial charge in [0.05, 0.1) is 6.04 Å². The van der Waals surface area contributed by atoms with Gasteiger partial charge in [0.2, 0.25) is 11.9 Å². The van der Waals surface area contributed by atoms with E-state index in [4.69, 9.17) is 5.73 Å². The number of amides is 1. The Kier molecular flexibility index (Phi) is 4.09. The standard InChI is InChI=1S/C12H19N5O/c1-9(13)11(18)16-10-4-2-7-17(8-10)12-14-5-3-6-15-12/h3,5-6,9-10H,2,4,7-8,13H2,1H3,(H,16,18)/t9-,10?/m1/s1. The number of hydrogen-bond donors (Lipinski definition) is 2. The predicted molar refractivity (Wildman–Crippen MR) is 69.1 cm³/mol. The number of carbonyl (C=O) groups excluding carboxylic acids is 1. The summed E-state index contributed by atoms with van der Waals surface area (Å²) < 4.78 is 0. The molecule has 1 saturated heterocycles. The van der Waals surface area contributed by atoms with E-state index in [1.165, 1.54) is 0 Å². The highest BCUT2D eigenvalue weighted by Crippen LogP contribution is 2.15. The molecule has 6 heteroatoms. The summed E-state index contributed by atoms with van der Waals surface area (Å²) in [5.74, 6) is 0.619. The Morgan fingerprint density at radius 2 is 2.28 bits per heavy atom. The molecule has 1 aromatic heterocycles. The van der Waals surface area contributed by atoms with E-state index in [1.54, 1.807) is 25.4 Å². The Labute approximate surface area is 107 Å². The Hall–Kier alpha value is -1.69. The molecule has 2 heterocycles. The van der Waals surface area contributed by atoms with E-state index in [9.17, 15) is 4.79 Å². The SMILES string of the molecule is C[C@@H](N)C(=O)NC1CCCN(c2ncccn2)C1. The van der Waals surface area contributed by atoms with E-state index in [1.807, 2.05) is 0 Å². The maximum absolute atomic E-state index is 11.6. The molecule has 0 spiro atoms. The van der Waals surface area contributed by atoms with Crippen LogP contribution in [-0.2, 0) is 4.79 Å². The average Bonchev–Trinajstić information content (AvgIpc) is 2.40. The van der Waals surface area contributed by atoms with E-state index in [2.05, 4.69) is 20.2 Å². The van der Waals surface area contributed by atoms with Gasteiger partial charge in [0.15, 0.2) is 0 Å². The molecule has 18 heavy (non-hydrogen) atoms. The topological polar surface area (TPSA) is 84.1 Å². The molecule has 1 aliphatic rings. The fourth-order valence-corrected chi connectivity index (χ4v) is 2.06. The second-order valence-electron chi connectivity index (χ2n) is 4.63. The summed E-state index contributed by atoms with van der Waals surface area (Å²) >= 11 is 0. The largest absolute Gasteiger partial charge is 0.350 e. The monoisotopic (exact) mass is 249 g/mol. The van der Waals surface area contributed by atoms with Crippen molar-refractivity contribution in [2.45, 2.75) is 31.8 Å². The van der Waals surface area contributed by atoms with Gasteiger partial charge >= 0.3 is 0 Å². The summed E-state index contributed by atoms with van der Waals surface area (Å²) in [6, 6.07) is 1.46. The highest BCUT2D eigenvalue weighted by molar-refractivity contribution is 5.81. The number of anilines is 1. The van der Waals surface area contributed by atoms with E-state index < -0.39 is 6.04 Å². The molecule has 6 nitrogen and oxygen atoms in total. The van der Waals surface area contributed by atoms with Crippen LogP contribution in [0, 0.1) is 0 Å². The minimum Gasteiger partial charge on any atom is -0.350 e. The lowest BCUT2D eigenvalue weighted by Gasteiger charge is -2.33. The molecule has 1 aromatic rings. The summed E-state index contributed by atoms with van der Waals surface area (Å²) in [6.07, 6.45) is 5.45. The Morgan fingerprint density at radius 1 is 1.56 bits per heavy atom. The van der Waals surface area contributed by atoms with Crippen LogP contribution in [-0.4, -0.2) is 41.0 Å². The maximum atomic E-state index is 11.6. The molecule has 3 N–H and O–H groups in total. The van der Waals surface area contributed by atoms with Gasteiger partial charge in [0, 0.05) is 31.5 Å². The number of hydrogen-bond acceptors (Lipinski definition) is 5. The fourth-order valence-electron chi connectivity index (χ4n) is 2.06. The van der Waals surface area contributed by atoms with Crippen molar-refractivity contribution >= 4 is 11.9 Å². The Morgan fingerprint density at radius 3 is 2.94 bits per heavy atom. The Balaban J connectivity index is 1.95. The zero-order chi connectivity index (χ0) is 13.0. The van der Waals surface area contributed by atoms with Crippen molar-refractivity contribution in [3.8, 4) is 0 Å². The number of nitrogens with zero attached hydrogens (tertiary/aromatic N) is 3. The number of aromatic nitrogens is 2. The van der Waals surface area contributed by atoms with Crippen LogP contribution in [0.25, 0.3) is 0 Å². The van der Waals surface area contributed by atoms with Gasteiger partial charge in [-0.25, -0.2) is 9.97 Å². The van der Waals surface area contributed by atoms with Crippen LogP contribution in [0.4, 0.5) is 5.95 Å². The quantitative estimate of drug-likeness (QED) is 0.782. The molecule has 2 atom stereocenters. The highest BCUT2D eigenvalue weighted by Gasteiger charge is 2.23. The van der Waals surface area contributed by atoms with E-state index in [0.717, 1.165) is 31.9 Å². The first kappa shape index (κ1) is 12.8. The first-order valence-electron chi connectivity index (χ1n) is 6.24. The maximum Gasteiger partial charge on any atom is 0.236 e. The smallest absolute Gasteiger partial charge is 0.236 e. The van der Waals surface area contributed by atoms with Crippen molar-refractivity contribution in [2.75, 3.05) is 18.0 Å². The first-order chi connectivity index (χ1) is 8.66. The molecule has 0 aliphatic carbocycles. The van der Waals surface area contributed by atoms with Crippen LogP contribution in [0.2, 0.25) is 0 Å². The van der Waals surface area contributed by atoms with Gasteiger partial charge in [0.1, 0.15) is 0 Å². The van der Waals surface area contributed by atoms with Crippen LogP contribution in [0.5, 0.6) is 0 Å². The van der Waals surface area contributed by atoms with Gasteiger partial charge < -0.3 is 16.0 Å². The number of piperidine rings is 1.